The zero-order valence-corrected chi connectivity index (χ0v) is 14.4. The summed E-state index contributed by atoms with van der Waals surface area (Å²) < 4.78 is 15.3. The van der Waals surface area contributed by atoms with Crippen molar-refractivity contribution in [3.05, 3.63) is 58.2 Å². The molecular weight excluding hydrogens is 341 g/mol. The Morgan fingerprint density at radius 1 is 1.25 bits per heavy atom. The molecule has 0 atom stereocenters. The topological polar surface area (TPSA) is 41.1 Å². The number of imidazole rings is 1. The number of benzene rings is 1. The zero-order chi connectivity index (χ0) is 16.7. The minimum Gasteiger partial charge on any atom is -0.285 e. The van der Waals surface area contributed by atoms with Gasteiger partial charge in [-0.25, -0.2) is 9.37 Å². The molecule has 0 N–H and O–H groups in total. The molecule has 0 saturated heterocycles. The molecule has 0 saturated carbocycles. The summed E-state index contributed by atoms with van der Waals surface area (Å²) in [5.41, 5.74) is 3.66. The lowest BCUT2D eigenvalue weighted by molar-refractivity contribution is 0.628. The molecule has 0 aliphatic heterocycles. The molecular formula is C18H12FN3S2. The van der Waals surface area contributed by atoms with Crippen LogP contribution in [-0.2, 0) is 6.42 Å². The number of fused-ring (bicyclic) bond motifs is 1. The van der Waals surface area contributed by atoms with E-state index in [0.717, 1.165) is 37.4 Å². The van der Waals surface area contributed by atoms with E-state index in [1.807, 2.05) is 28.8 Å². The summed E-state index contributed by atoms with van der Waals surface area (Å²) in [5.74, 6) is -0.259. The normalized spacial score (nSPS) is 11.0. The highest BCUT2D eigenvalue weighted by atomic mass is 32.1. The maximum absolute atomic E-state index is 13.3. The van der Waals surface area contributed by atoms with E-state index in [-0.39, 0.29) is 12.2 Å². The van der Waals surface area contributed by atoms with E-state index in [2.05, 4.69) is 6.07 Å². The monoisotopic (exact) mass is 353 g/mol. The van der Waals surface area contributed by atoms with Gasteiger partial charge in [0.25, 0.3) is 0 Å². The quantitative estimate of drug-likeness (QED) is 0.501. The molecule has 3 aromatic heterocycles. The Bertz CT molecular complexity index is 1050. The first kappa shape index (κ1) is 15.1. The predicted molar refractivity (Wildman–Crippen MR) is 95.8 cm³/mol. The van der Waals surface area contributed by atoms with Gasteiger partial charge in [0.1, 0.15) is 11.5 Å². The minimum atomic E-state index is -0.259. The van der Waals surface area contributed by atoms with Gasteiger partial charge < -0.3 is 0 Å². The lowest BCUT2D eigenvalue weighted by atomic mass is 10.1. The fourth-order valence-corrected chi connectivity index (χ4v) is 4.61. The molecule has 24 heavy (non-hydrogen) atoms. The fourth-order valence-electron chi connectivity index (χ4n) is 2.86. The van der Waals surface area contributed by atoms with Gasteiger partial charge in [0, 0.05) is 4.88 Å². The summed E-state index contributed by atoms with van der Waals surface area (Å²) in [6.45, 7) is 2.03. The van der Waals surface area contributed by atoms with E-state index >= 15 is 0 Å². The first-order chi connectivity index (χ1) is 11.7. The summed E-state index contributed by atoms with van der Waals surface area (Å²) in [6, 6.07) is 12.7. The first-order valence-electron chi connectivity index (χ1n) is 7.36. The van der Waals surface area contributed by atoms with Gasteiger partial charge in [0.2, 0.25) is 0 Å². The van der Waals surface area contributed by atoms with Crippen LogP contribution in [0.1, 0.15) is 10.6 Å². The molecule has 0 spiro atoms. The van der Waals surface area contributed by atoms with E-state index in [4.69, 9.17) is 4.98 Å². The molecule has 0 amide bonds. The second kappa shape index (κ2) is 5.86. The molecule has 4 rings (SSSR count). The van der Waals surface area contributed by atoms with Crippen molar-refractivity contribution in [2.75, 3.05) is 0 Å². The maximum atomic E-state index is 13.3. The van der Waals surface area contributed by atoms with Gasteiger partial charge in [0.15, 0.2) is 4.96 Å². The van der Waals surface area contributed by atoms with E-state index in [1.165, 1.54) is 12.1 Å². The molecule has 0 bridgehead atoms. The van der Waals surface area contributed by atoms with E-state index in [1.54, 1.807) is 34.8 Å². The van der Waals surface area contributed by atoms with Crippen LogP contribution in [0.3, 0.4) is 0 Å². The van der Waals surface area contributed by atoms with Crippen LogP contribution >= 0.6 is 22.7 Å². The van der Waals surface area contributed by atoms with Crippen molar-refractivity contribution in [3.63, 3.8) is 0 Å². The Balaban J connectivity index is 2.02. The molecule has 0 aliphatic carbocycles. The van der Waals surface area contributed by atoms with Crippen molar-refractivity contribution < 1.29 is 4.39 Å². The zero-order valence-electron chi connectivity index (χ0n) is 12.8. The summed E-state index contributed by atoms with van der Waals surface area (Å²) in [6.07, 6.45) is 0.277. The molecule has 1 aromatic carbocycles. The summed E-state index contributed by atoms with van der Waals surface area (Å²) in [7, 11) is 0. The Kier molecular flexibility index (Phi) is 3.68. The Morgan fingerprint density at radius 3 is 2.71 bits per heavy atom. The number of aryl methyl sites for hydroxylation is 1. The van der Waals surface area contributed by atoms with Crippen molar-refractivity contribution in [1.82, 2.24) is 9.38 Å². The molecule has 118 valence electrons. The van der Waals surface area contributed by atoms with Crippen molar-refractivity contribution in [2.24, 2.45) is 0 Å². The van der Waals surface area contributed by atoms with Crippen LogP contribution in [-0.4, -0.2) is 9.38 Å². The van der Waals surface area contributed by atoms with E-state index in [0.29, 0.717) is 0 Å². The number of aromatic nitrogens is 2. The molecule has 4 aromatic rings. The average Bonchev–Trinajstić information content (AvgIpc) is 3.26. The highest BCUT2D eigenvalue weighted by Crippen LogP contribution is 2.37. The van der Waals surface area contributed by atoms with Crippen LogP contribution in [0.2, 0.25) is 0 Å². The Labute approximate surface area is 146 Å². The van der Waals surface area contributed by atoms with Gasteiger partial charge in [-0.2, -0.15) is 5.26 Å². The van der Waals surface area contributed by atoms with Gasteiger partial charge in [-0.15, -0.1) is 22.7 Å². The SMILES string of the molecule is Cc1sc2nc(-c3cccs3)c(CC#N)n2c1-c1ccc(F)cc1. The van der Waals surface area contributed by atoms with Crippen LogP contribution in [0.25, 0.3) is 26.8 Å². The number of halogens is 1. The second-order valence-electron chi connectivity index (χ2n) is 5.35. The molecule has 6 heteroatoms. The lowest BCUT2D eigenvalue weighted by Crippen LogP contribution is -1.95. The standard InChI is InChI=1S/C18H12FN3S2/c1-11-17(12-4-6-13(19)7-5-12)22-14(8-9-20)16(21-18(22)24-11)15-3-2-10-23-15/h2-7,10H,8H2,1H3. The van der Waals surface area contributed by atoms with E-state index < -0.39 is 0 Å². The lowest BCUT2D eigenvalue weighted by Gasteiger charge is -2.06. The number of nitriles is 1. The smallest absolute Gasteiger partial charge is 0.195 e. The number of hydrogen-bond acceptors (Lipinski definition) is 4. The van der Waals surface area contributed by atoms with Crippen LogP contribution in [0, 0.1) is 24.1 Å². The summed E-state index contributed by atoms with van der Waals surface area (Å²) >= 11 is 3.20. The van der Waals surface area contributed by atoms with Gasteiger partial charge in [-0.3, -0.25) is 4.40 Å². The first-order valence-corrected chi connectivity index (χ1v) is 9.06. The number of rotatable bonds is 3. The number of hydrogen-bond donors (Lipinski definition) is 0. The van der Waals surface area contributed by atoms with E-state index in [9.17, 15) is 9.65 Å². The molecule has 0 unspecified atom stereocenters. The highest BCUT2D eigenvalue weighted by Gasteiger charge is 2.21. The average molecular weight is 353 g/mol. The fraction of sp³-hybridized carbons (Fsp3) is 0.111. The van der Waals surface area contributed by atoms with Crippen molar-refractivity contribution in [3.8, 4) is 27.9 Å². The van der Waals surface area contributed by atoms with Gasteiger partial charge in [-0.1, -0.05) is 6.07 Å². The van der Waals surface area contributed by atoms with Crippen LogP contribution < -0.4 is 0 Å². The summed E-state index contributed by atoms with van der Waals surface area (Å²) in [5, 5.41) is 11.3. The number of thiazole rings is 1. The third kappa shape index (κ3) is 2.33. The van der Waals surface area contributed by atoms with Crippen LogP contribution in [0.15, 0.2) is 41.8 Å². The van der Waals surface area contributed by atoms with Gasteiger partial charge in [0.05, 0.1) is 28.8 Å². The van der Waals surface area contributed by atoms with Crippen molar-refractivity contribution >= 4 is 27.6 Å². The summed E-state index contributed by atoms with van der Waals surface area (Å²) in [4.78, 5) is 7.78. The second-order valence-corrected chi connectivity index (χ2v) is 7.48. The maximum Gasteiger partial charge on any atom is 0.195 e. The molecule has 0 aliphatic rings. The highest BCUT2D eigenvalue weighted by molar-refractivity contribution is 7.17. The number of thiophene rings is 1. The van der Waals surface area contributed by atoms with Gasteiger partial charge in [-0.05, 0) is 48.2 Å². The van der Waals surface area contributed by atoms with Crippen LogP contribution in [0.4, 0.5) is 4.39 Å². The molecule has 0 fully saturated rings. The van der Waals surface area contributed by atoms with Crippen LogP contribution in [0.5, 0.6) is 0 Å². The van der Waals surface area contributed by atoms with Gasteiger partial charge >= 0.3 is 0 Å². The Morgan fingerprint density at radius 2 is 2.04 bits per heavy atom. The minimum absolute atomic E-state index is 0.259. The third-order valence-electron chi connectivity index (χ3n) is 3.86. The van der Waals surface area contributed by atoms with Crippen molar-refractivity contribution in [1.29, 1.82) is 5.26 Å². The third-order valence-corrected chi connectivity index (χ3v) is 5.69. The Hall–Kier alpha value is -2.49. The number of nitrogens with zero attached hydrogens (tertiary/aromatic N) is 3. The molecule has 0 radical (unpaired) electrons. The largest absolute Gasteiger partial charge is 0.285 e. The molecule has 3 heterocycles. The molecule has 3 nitrogen and oxygen atoms in total. The van der Waals surface area contributed by atoms with Crippen molar-refractivity contribution in [2.45, 2.75) is 13.3 Å². The predicted octanol–water partition coefficient (Wildman–Crippen LogP) is 5.30.